The van der Waals surface area contributed by atoms with Gasteiger partial charge in [-0.15, -0.1) is 0 Å². The molecule has 0 aliphatic rings. The number of nitrogens with zero attached hydrogens (tertiary/aromatic N) is 5. The molecule has 0 spiro atoms. The minimum absolute atomic E-state index is 0.0857. The summed E-state index contributed by atoms with van der Waals surface area (Å²) in [6.45, 7) is 1.18. The number of rotatable bonds is 5. The number of aliphatic hydroxyl groups excluding tert-OH is 1. The van der Waals surface area contributed by atoms with E-state index in [1.54, 1.807) is 47.6 Å². The van der Waals surface area contributed by atoms with Gasteiger partial charge in [0.05, 0.1) is 17.7 Å². The number of carbonyl (C=O) groups is 1. The van der Waals surface area contributed by atoms with Gasteiger partial charge in [0, 0.05) is 35.3 Å². The molecule has 180 valence electrons. The Morgan fingerprint density at radius 2 is 1.91 bits per heavy atom. The maximum atomic E-state index is 13.0. The number of amides is 1. The van der Waals surface area contributed by atoms with Gasteiger partial charge in [-0.25, -0.2) is 0 Å². The van der Waals surface area contributed by atoms with Gasteiger partial charge in [-0.3, -0.25) is 14.0 Å². The number of aromatic nitrogens is 5. The number of fused-ring (bicyclic) bond motifs is 3. The Morgan fingerprint density at radius 3 is 2.54 bits per heavy atom. The first-order valence-corrected chi connectivity index (χ1v) is 10.5. The van der Waals surface area contributed by atoms with Crippen molar-refractivity contribution in [2.24, 2.45) is 7.05 Å². The Labute approximate surface area is 195 Å². The van der Waals surface area contributed by atoms with Crippen molar-refractivity contribution in [3.63, 3.8) is 0 Å². The highest BCUT2D eigenvalue weighted by Gasteiger charge is 2.30. The van der Waals surface area contributed by atoms with Crippen LogP contribution < -0.4 is 5.32 Å². The minimum Gasteiger partial charge on any atom is -0.394 e. The molecule has 12 heteroatoms. The second-order valence-electron chi connectivity index (χ2n) is 8.04. The molecule has 5 rings (SSSR count). The topological polar surface area (TPSA) is 111 Å². The van der Waals surface area contributed by atoms with E-state index in [0.29, 0.717) is 33.6 Å². The highest BCUT2D eigenvalue weighted by molar-refractivity contribution is 6.10. The summed E-state index contributed by atoms with van der Waals surface area (Å²) in [6.07, 6.45) is -2.66. The van der Waals surface area contributed by atoms with Gasteiger partial charge in [0.2, 0.25) is 0 Å². The van der Waals surface area contributed by atoms with E-state index in [0.717, 1.165) is 17.5 Å². The molecule has 0 fully saturated rings. The standard InChI is InChI=1S/C23H19F3N6O3/c1-12-27-22(35-30-12)18(11-33)28-21(34)13-3-8-19-16(9-13)17-10-31(2)29-20(17)32(19)15-6-4-14(5-7-15)23(24,25)26/h3-10,18,33H,11H2,1-2H3,(H,28,34). The molecule has 2 aromatic carbocycles. The van der Waals surface area contributed by atoms with Gasteiger partial charge in [-0.05, 0) is 49.4 Å². The van der Waals surface area contributed by atoms with Crippen molar-refractivity contribution >= 4 is 27.8 Å². The van der Waals surface area contributed by atoms with E-state index in [-0.39, 0.29) is 5.89 Å². The molecule has 3 aromatic heterocycles. The molecule has 0 saturated carbocycles. The van der Waals surface area contributed by atoms with Crippen LogP contribution in [0.15, 0.2) is 53.2 Å². The molecule has 1 atom stereocenters. The SMILES string of the molecule is Cc1noc(C(CO)NC(=O)c2ccc3c(c2)c2cn(C)nc2n3-c2ccc(C(F)(F)F)cc2)n1. The lowest BCUT2D eigenvalue weighted by Crippen LogP contribution is -2.31. The number of aliphatic hydroxyl groups is 1. The smallest absolute Gasteiger partial charge is 0.394 e. The summed E-state index contributed by atoms with van der Waals surface area (Å²) in [5, 5.41) is 21.9. The van der Waals surface area contributed by atoms with Crippen molar-refractivity contribution in [3.8, 4) is 5.69 Å². The van der Waals surface area contributed by atoms with Crippen molar-refractivity contribution in [2.75, 3.05) is 6.61 Å². The molecular weight excluding hydrogens is 465 g/mol. The number of hydrogen-bond donors (Lipinski definition) is 2. The monoisotopic (exact) mass is 484 g/mol. The molecule has 5 aromatic rings. The van der Waals surface area contributed by atoms with E-state index in [2.05, 4.69) is 20.6 Å². The van der Waals surface area contributed by atoms with Gasteiger partial charge in [-0.1, -0.05) is 5.16 Å². The third-order valence-electron chi connectivity index (χ3n) is 5.59. The molecule has 0 saturated heterocycles. The molecule has 9 nitrogen and oxygen atoms in total. The zero-order valence-corrected chi connectivity index (χ0v) is 18.5. The second-order valence-corrected chi connectivity index (χ2v) is 8.04. The van der Waals surface area contributed by atoms with E-state index in [1.165, 1.54) is 12.1 Å². The fraction of sp³-hybridized carbons (Fsp3) is 0.217. The number of carbonyl (C=O) groups excluding carboxylic acids is 1. The molecule has 0 aliphatic heterocycles. The van der Waals surface area contributed by atoms with E-state index >= 15 is 0 Å². The third kappa shape index (κ3) is 4.01. The number of alkyl halides is 3. The summed E-state index contributed by atoms with van der Waals surface area (Å²) in [4.78, 5) is 17.0. The maximum absolute atomic E-state index is 13.0. The molecular formula is C23H19F3N6O3. The van der Waals surface area contributed by atoms with Crippen LogP contribution in [0.2, 0.25) is 0 Å². The number of hydrogen-bond acceptors (Lipinski definition) is 6. The van der Waals surface area contributed by atoms with Crippen LogP contribution in [0, 0.1) is 6.92 Å². The van der Waals surface area contributed by atoms with Gasteiger partial charge >= 0.3 is 6.18 Å². The highest BCUT2D eigenvalue weighted by atomic mass is 19.4. The first kappa shape index (κ1) is 22.6. The summed E-state index contributed by atoms with van der Waals surface area (Å²) >= 11 is 0. The van der Waals surface area contributed by atoms with Crippen LogP contribution in [0.4, 0.5) is 13.2 Å². The molecule has 3 heterocycles. The summed E-state index contributed by atoms with van der Waals surface area (Å²) < 4.78 is 47.5. The van der Waals surface area contributed by atoms with Crippen molar-refractivity contribution in [1.29, 1.82) is 0 Å². The Kier molecular flexibility index (Phi) is 5.32. The Hall–Kier alpha value is -4.19. The van der Waals surface area contributed by atoms with Crippen LogP contribution >= 0.6 is 0 Å². The minimum atomic E-state index is -4.44. The Morgan fingerprint density at radius 1 is 1.17 bits per heavy atom. The molecule has 0 aliphatic carbocycles. The predicted octanol–water partition coefficient (Wildman–Crippen LogP) is 3.69. The number of nitrogens with one attached hydrogen (secondary N) is 1. The predicted molar refractivity (Wildman–Crippen MR) is 119 cm³/mol. The second kappa shape index (κ2) is 8.24. The van der Waals surface area contributed by atoms with E-state index in [9.17, 15) is 23.1 Å². The van der Waals surface area contributed by atoms with Gasteiger partial charge < -0.3 is 14.9 Å². The van der Waals surface area contributed by atoms with Crippen LogP contribution in [0.1, 0.15) is 33.7 Å². The first-order valence-electron chi connectivity index (χ1n) is 10.5. The fourth-order valence-corrected chi connectivity index (χ4v) is 3.98. The lowest BCUT2D eigenvalue weighted by atomic mass is 10.1. The van der Waals surface area contributed by atoms with Gasteiger partial charge in [0.25, 0.3) is 11.8 Å². The molecule has 0 radical (unpaired) electrons. The van der Waals surface area contributed by atoms with Crippen molar-refractivity contribution in [1.82, 2.24) is 29.8 Å². The molecule has 35 heavy (non-hydrogen) atoms. The molecule has 0 bridgehead atoms. The van der Waals surface area contributed by atoms with Gasteiger partial charge in [0.1, 0.15) is 6.04 Å². The Bertz CT molecular complexity index is 1550. The maximum Gasteiger partial charge on any atom is 0.416 e. The average molecular weight is 484 g/mol. The van der Waals surface area contributed by atoms with Crippen molar-refractivity contribution < 1.29 is 27.6 Å². The number of halogens is 3. The van der Waals surface area contributed by atoms with E-state index in [4.69, 9.17) is 4.52 Å². The van der Waals surface area contributed by atoms with Crippen molar-refractivity contribution in [3.05, 3.63) is 71.5 Å². The molecule has 1 unspecified atom stereocenters. The quantitative estimate of drug-likeness (QED) is 0.394. The zero-order chi connectivity index (χ0) is 24.9. The van der Waals surface area contributed by atoms with Crippen molar-refractivity contribution in [2.45, 2.75) is 19.1 Å². The highest BCUT2D eigenvalue weighted by Crippen LogP contribution is 2.34. The van der Waals surface area contributed by atoms with Crippen LogP contribution in [0.5, 0.6) is 0 Å². The summed E-state index contributed by atoms with van der Waals surface area (Å²) in [5.74, 6) is -0.0126. The van der Waals surface area contributed by atoms with E-state index in [1.807, 2.05) is 0 Å². The molecule has 1 amide bonds. The summed E-state index contributed by atoms with van der Waals surface area (Å²) in [6, 6.07) is 8.89. The normalized spacial score (nSPS) is 13.0. The Balaban J connectivity index is 1.55. The lowest BCUT2D eigenvalue weighted by molar-refractivity contribution is -0.137. The lowest BCUT2D eigenvalue weighted by Gasteiger charge is -2.13. The van der Waals surface area contributed by atoms with Crippen LogP contribution in [-0.2, 0) is 13.2 Å². The van der Waals surface area contributed by atoms with Crippen LogP contribution in [0.3, 0.4) is 0 Å². The zero-order valence-electron chi connectivity index (χ0n) is 18.5. The first-order chi connectivity index (χ1) is 16.7. The number of aryl methyl sites for hydroxylation is 2. The van der Waals surface area contributed by atoms with Gasteiger partial charge in [-0.2, -0.15) is 23.3 Å². The van der Waals surface area contributed by atoms with E-state index < -0.39 is 30.3 Å². The van der Waals surface area contributed by atoms with Crippen LogP contribution in [0.25, 0.3) is 27.6 Å². The number of benzene rings is 2. The average Bonchev–Trinajstić information content (AvgIpc) is 3.49. The summed E-state index contributed by atoms with van der Waals surface area (Å²) in [7, 11) is 1.73. The van der Waals surface area contributed by atoms with Crippen LogP contribution in [-0.4, -0.2) is 42.1 Å². The van der Waals surface area contributed by atoms with Gasteiger partial charge in [0.15, 0.2) is 11.5 Å². The molecule has 2 N–H and O–H groups in total. The largest absolute Gasteiger partial charge is 0.416 e. The summed E-state index contributed by atoms with van der Waals surface area (Å²) in [5.41, 5.74) is 1.27. The fourth-order valence-electron chi connectivity index (χ4n) is 3.98. The third-order valence-corrected chi connectivity index (χ3v) is 5.59.